The van der Waals surface area contributed by atoms with Crippen LogP contribution >= 0.6 is 0 Å². The Morgan fingerprint density at radius 1 is 1.50 bits per heavy atom. The van der Waals surface area contributed by atoms with Gasteiger partial charge in [-0.1, -0.05) is 6.07 Å². The molecule has 1 aromatic carbocycles. The third-order valence-electron chi connectivity index (χ3n) is 1.98. The zero-order valence-corrected chi connectivity index (χ0v) is 8.29. The number of benzene rings is 1. The molecule has 1 aromatic rings. The van der Waals surface area contributed by atoms with E-state index in [0.29, 0.717) is 6.61 Å². The number of unbranched alkanes of at least 4 members (excludes halogenated alkanes) is 1. The first kappa shape index (κ1) is 10.5. The molecule has 0 aliphatic rings. The van der Waals surface area contributed by atoms with Gasteiger partial charge in [0.25, 0.3) is 0 Å². The standard InChI is InChI=1S/C12H14O2/c1-3-4-5-9-14-12-8-6-7-11(13)10(12)2/h1,6-8,13H,4-5,9H2,2H3. The molecule has 0 radical (unpaired) electrons. The Balaban J connectivity index is 2.51. The first-order chi connectivity index (χ1) is 6.75. The molecule has 0 bridgehead atoms. The van der Waals surface area contributed by atoms with Crippen molar-refractivity contribution in [1.82, 2.24) is 0 Å². The van der Waals surface area contributed by atoms with E-state index in [1.165, 1.54) is 0 Å². The van der Waals surface area contributed by atoms with Crippen LogP contribution in [-0.4, -0.2) is 11.7 Å². The highest BCUT2D eigenvalue weighted by atomic mass is 16.5. The Hall–Kier alpha value is -1.62. The summed E-state index contributed by atoms with van der Waals surface area (Å²) < 4.78 is 5.46. The van der Waals surface area contributed by atoms with Crippen molar-refractivity contribution >= 4 is 0 Å². The summed E-state index contributed by atoms with van der Waals surface area (Å²) >= 11 is 0. The van der Waals surface area contributed by atoms with Crippen LogP contribution in [0.1, 0.15) is 18.4 Å². The summed E-state index contributed by atoms with van der Waals surface area (Å²) in [6.07, 6.45) is 6.68. The van der Waals surface area contributed by atoms with E-state index in [9.17, 15) is 5.11 Å². The van der Waals surface area contributed by atoms with E-state index in [4.69, 9.17) is 11.2 Å². The van der Waals surface area contributed by atoms with Crippen LogP contribution in [0.4, 0.5) is 0 Å². The predicted molar refractivity (Wildman–Crippen MR) is 56.4 cm³/mol. The van der Waals surface area contributed by atoms with E-state index < -0.39 is 0 Å². The zero-order valence-electron chi connectivity index (χ0n) is 8.29. The maximum absolute atomic E-state index is 9.39. The van der Waals surface area contributed by atoms with Gasteiger partial charge in [0, 0.05) is 12.0 Å². The molecule has 0 spiro atoms. The summed E-state index contributed by atoms with van der Waals surface area (Å²) in [6, 6.07) is 5.24. The Bertz CT molecular complexity index is 337. The molecule has 74 valence electrons. The summed E-state index contributed by atoms with van der Waals surface area (Å²) in [5.41, 5.74) is 0.771. The molecule has 0 aliphatic heterocycles. The minimum Gasteiger partial charge on any atom is -0.508 e. The zero-order chi connectivity index (χ0) is 10.4. The highest BCUT2D eigenvalue weighted by Crippen LogP contribution is 2.25. The van der Waals surface area contributed by atoms with Crippen molar-refractivity contribution in [3.05, 3.63) is 23.8 Å². The summed E-state index contributed by atoms with van der Waals surface area (Å²) in [5, 5.41) is 9.39. The molecule has 0 atom stereocenters. The number of hydrogen-bond donors (Lipinski definition) is 1. The molecule has 0 saturated carbocycles. The van der Waals surface area contributed by atoms with Gasteiger partial charge < -0.3 is 9.84 Å². The molecule has 1 rings (SSSR count). The Labute approximate surface area is 84.5 Å². The molecular formula is C12H14O2. The third kappa shape index (κ3) is 2.70. The number of aromatic hydroxyl groups is 1. The molecule has 0 saturated heterocycles. The largest absolute Gasteiger partial charge is 0.508 e. The SMILES string of the molecule is C#CCCCOc1cccc(O)c1C. The fourth-order valence-corrected chi connectivity index (χ4v) is 1.12. The predicted octanol–water partition coefficient (Wildman–Crippen LogP) is 2.49. The lowest BCUT2D eigenvalue weighted by Crippen LogP contribution is -1.98. The summed E-state index contributed by atoms with van der Waals surface area (Å²) in [6.45, 7) is 2.42. The van der Waals surface area contributed by atoms with Gasteiger partial charge >= 0.3 is 0 Å². The number of rotatable bonds is 4. The second-order valence-electron chi connectivity index (χ2n) is 3.06. The van der Waals surface area contributed by atoms with Crippen molar-refractivity contribution in [3.8, 4) is 23.8 Å². The van der Waals surface area contributed by atoms with Crippen molar-refractivity contribution in [1.29, 1.82) is 0 Å². The van der Waals surface area contributed by atoms with E-state index in [2.05, 4.69) is 5.92 Å². The molecule has 0 fully saturated rings. The number of ether oxygens (including phenoxy) is 1. The molecule has 0 aliphatic carbocycles. The van der Waals surface area contributed by atoms with E-state index in [1.54, 1.807) is 12.1 Å². The average molecular weight is 190 g/mol. The maximum Gasteiger partial charge on any atom is 0.125 e. The topological polar surface area (TPSA) is 29.5 Å². The molecule has 0 amide bonds. The lowest BCUT2D eigenvalue weighted by Gasteiger charge is -2.08. The minimum absolute atomic E-state index is 0.263. The van der Waals surface area contributed by atoms with Crippen LogP contribution in [0, 0.1) is 19.3 Å². The van der Waals surface area contributed by atoms with Crippen molar-refractivity contribution in [2.75, 3.05) is 6.61 Å². The van der Waals surface area contributed by atoms with Crippen molar-refractivity contribution < 1.29 is 9.84 Å². The van der Waals surface area contributed by atoms with E-state index in [0.717, 1.165) is 24.2 Å². The van der Waals surface area contributed by atoms with Gasteiger partial charge in [-0.25, -0.2) is 0 Å². The maximum atomic E-state index is 9.39. The summed E-state index contributed by atoms with van der Waals surface area (Å²) in [4.78, 5) is 0. The van der Waals surface area contributed by atoms with Crippen LogP contribution in [0.15, 0.2) is 18.2 Å². The number of hydrogen-bond acceptors (Lipinski definition) is 2. The highest BCUT2D eigenvalue weighted by Gasteiger charge is 2.02. The molecule has 0 heterocycles. The van der Waals surface area contributed by atoms with Crippen LogP contribution < -0.4 is 4.74 Å². The first-order valence-electron chi connectivity index (χ1n) is 4.60. The van der Waals surface area contributed by atoms with Crippen molar-refractivity contribution in [2.24, 2.45) is 0 Å². The quantitative estimate of drug-likeness (QED) is 0.584. The van der Waals surface area contributed by atoms with Crippen molar-refractivity contribution in [2.45, 2.75) is 19.8 Å². The number of terminal acetylenes is 1. The monoisotopic (exact) mass is 190 g/mol. The summed E-state index contributed by atoms with van der Waals surface area (Å²) in [5.74, 6) is 3.54. The fourth-order valence-electron chi connectivity index (χ4n) is 1.12. The molecule has 2 heteroatoms. The average Bonchev–Trinajstić information content (AvgIpc) is 2.19. The van der Waals surface area contributed by atoms with Gasteiger partial charge in [-0.3, -0.25) is 0 Å². The van der Waals surface area contributed by atoms with Crippen LogP contribution in [0.2, 0.25) is 0 Å². The highest BCUT2D eigenvalue weighted by molar-refractivity contribution is 5.42. The Kier molecular flexibility index (Phi) is 3.87. The Morgan fingerprint density at radius 3 is 3.00 bits per heavy atom. The van der Waals surface area contributed by atoms with Gasteiger partial charge in [0.1, 0.15) is 11.5 Å². The second-order valence-corrected chi connectivity index (χ2v) is 3.06. The van der Waals surface area contributed by atoms with Gasteiger partial charge in [-0.15, -0.1) is 12.3 Å². The second kappa shape index (κ2) is 5.18. The number of phenolic OH excluding ortho intramolecular Hbond substituents is 1. The molecule has 1 N–H and O–H groups in total. The van der Waals surface area contributed by atoms with Gasteiger partial charge in [0.2, 0.25) is 0 Å². The van der Waals surface area contributed by atoms with Crippen LogP contribution in [0.5, 0.6) is 11.5 Å². The van der Waals surface area contributed by atoms with Gasteiger partial charge in [-0.05, 0) is 25.5 Å². The molecule has 0 aromatic heterocycles. The van der Waals surface area contributed by atoms with Gasteiger partial charge in [0.15, 0.2) is 0 Å². The molecule has 14 heavy (non-hydrogen) atoms. The van der Waals surface area contributed by atoms with Crippen LogP contribution in [0.3, 0.4) is 0 Å². The summed E-state index contributed by atoms with van der Waals surface area (Å²) in [7, 11) is 0. The van der Waals surface area contributed by atoms with Gasteiger partial charge in [0.05, 0.1) is 6.61 Å². The van der Waals surface area contributed by atoms with E-state index in [-0.39, 0.29) is 5.75 Å². The number of phenols is 1. The lowest BCUT2D eigenvalue weighted by molar-refractivity contribution is 0.308. The molecular weight excluding hydrogens is 176 g/mol. The van der Waals surface area contributed by atoms with Gasteiger partial charge in [-0.2, -0.15) is 0 Å². The third-order valence-corrected chi connectivity index (χ3v) is 1.98. The van der Waals surface area contributed by atoms with Crippen LogP contribution in [-0.2, 0) is 0 Å². The van der Waals surface area contributed by atoms with Crippen LogP contribution in [0.25, 0.3) is 0 Å². The van der Waals surface area contributed by atoms with Crippen molar-refractivity contribution in [3.63, 3.8) is 0 Å². The molecule has 0 unspecified atom stereocenters. The fraction of sp³-hybridized carbons (Fsp3) is 0.333. The Morgan fingerprint density at radius 2 is 2.29 bits per heavy atom. The van der Waals surface area contributed by atoms with E-state index >= 15 is 0 Å². The normalized spacial score (nSPS) is 9.43. The smallest absolute Gasteiger partial charge is 0.125 e. The minimum atomic E-state index is 0.263. The molecule has 2 nitrogen and oxygen atoms in total. The first-order valence-corrected chi connectivity index (χ1v) is 4.60. The van der Waals surface area contributed by atoms with E-state index in [1.807, 2.05) is 13.0 Å². The lowest BCUT2D eigenvalue weighted by atomic mass is 10.2.